The fraction of sp³-hybridized carbons (Fsp3) is 0.900. The van der Waals surface area contributed by atoms with Crippen molar-refractivity contribution >= 4 is 15.7 Å². The van der Waals surface area contributed by atoms with E-state index in [0.717, 1.165) is 0 Å². The molecule has 1 aliphatic rings. The first-order chi connectivity index (χ1) is 7.83. The van der Waals surface area contributed by atoms with Gasteiger partial charge in [-0.3, -0.25) is 10.3 Å². The predicted octanol–water partition coefficient (Wildman–Crippen LogP) is -0.554. The summed E-state index contributed by atoms with van der Waals surface area (Å²) in [6, 6.07) is 0. The number of nitrogens with one attached hydrogen (secondary N) is 1. The molecule has 0 saturated carbocycles. The summed E-state index contributed by atoms with van der Waals surface area (Å²) >= 11 is 0. The van der Waals surface area contributed by atoms with Crippen molar-refractivity contribution in [1.29, 1.82) is 5.41 Å². The normalized spacial score (nSPS) is 22.9. The van der Waals surface area contributed by atoms with E-state index >= 15 is 0 Å². The van der Waals surface area contributed by atoms with Gasteiger partial charge in [-0.2, -0.15) is 0 Å². The molecule has 1 heterocycles. The summed E-state index contributed by atoms with van der Waals surface area (Å²) in [6.07, 6.45) is -0.398. The van der Waals surface area contributed by atoms with E-state index in [0.29, 0.717) is 26.2 Å². The van der Waals surface area contributed by atoms with E-state index in [1.165, 1.54) is 0 Å². The highest BCUT2D eigenvalue weighted by Crippen LogP contribution is 2.07. The molecule has 1 aliphatic heterocycles. The van der Waals surface area contributed by atoms with Gasteiger partial charge in [0.15, 0.2) is 9.84 Å². The van der Waals surface area contributed by atoms with Gasteiger partial charge in [0.25, 0.3) is 0 Å². The lowest BCUT2D eigenvalue weighted by molar-refractivity contribution is 0.00814. The summed E-state index contributed by atoms with van der Waals surface area (Å²) in [5, 5.41) is 6.97. The molecule has 0 bridgehead atoms. The summed E-state index contributed by atoms with van der Waals surface area (Å²) < 4.78 is 28.6. The lowest BCUT2D eigenvalue weighted by atomic mass is 10.2. The number of nitrogens with two attached hydrogens (primary N) is 1. The van der Waals surface area contributed by atoms with Gasteiger partial charge < -0.3 is 10.5 Å². The smallest absolute Gasteiger partial charge is 0.153 e. The molecule has 0 amide bonds. The van der Waals surface area contributed by atoms with Crippen molar-refractivity contribution in [3.05, 3.63) is 0 Å². The van der Waals surface area contributed by atoms with Crippen LogP contribution in [-0.4, -0.2) is 62.5 Å². The molecule has 100 valence electrons. The molecule has 1 unspecified atom stereocenters. The van der Waals surface area contributed by atoms with Crippen LogP contribution in [0.4, 0.5) is 0 Å². The summed E-state index contributed by atoms with van der Waals surface area (Å²) in [6.45, 7) is 5.54. The molecule has 3 N–H and O–H groups in total. The third-order valence-corrected chi connectivity index (χ3v) is 5.10. The maximum absolute atomic E-state index is 11.7. The van der Waals surface area contributed by atoms with Crippen LogP contribution >= 0.6 is 0 Å². The number of morpholine rings is 1. The summed E-state index contributed by atoms with van der Waals surface area (Å²) in [5.41, 5.74) is 5.37. The van der Waals surface area contributed by atoms with Crippen LogP contribution in [-0.2, 0) is 14.6 Å². The van der Waals surface area contributed by atoms with Crippen molar-refractivity contribution < 1.29 is 13.2 Å². The maximum atomic E-state index is 11.7. The van der Waals surface area contributed by atoms with E-state index in [-0.39, 0.29) is 16.8 Å². The lowest BCUT2D eigenvalue weighted by Crippen LogP contribution is -2.49. The van der Waals surface area contributed by atoms with Gasteiger partial charge in [-0.1, -0.05) is 0 Å². The van der Waals surface area contributed by atoms with Crippen LogP contribution in [0.3, 0.4) is 0 Å². The van der Waals surface area contributed by atoms with Gasteiger partial charge in [0.1, 0.15) is 11.9 Å². The highest BCUT2D eigenvalue weighted by atomic mass is 32.2. The fourth-order valence-electron chi connectivity index (χ4n) is 1.59. The van der Waals surface area contributed by atoms with Crippen molar-refractivity contribution in [3.63, 3.8) is 0 Å². The Hall–Kier alpha value is -0.660. The fourth-order valence-corrected chi connectivity index (χ4v) is 2.57. The molecule has 7 heteroatoms. The molecule has 0 aromatic heterocycles. The molecule has 1 rings (SSSR count). The van der Waals surface area contributed by atoms with Crippen molar-refractivity contribution in [3.8, 4) is 0 Å². The Morgan fingerprint density at radius 2 is 2.24 bits per heavy atom. The number of hydrogen-bond donors (Lipinski definition) is 2. The zero-order chi connectivity index (χ0) is 13.1. The average Bonchev–Trinajstić information content (AvgIpc) is 2.26. The topological polar surface area (TPSA) is 96.5 Å². The average molecular weight is 263 g/mol. The number of ether oxygens (including phenoxy) is 1. The Morgan fingerprint density at radius 1 is 1.59 bits per heavy atom. The number of amidine groups is 1. The Bertz CT molecular complexity index is 367. The molecule has 1 saturated heterocycles. The van der Waals surface area contributed by atoms with Crippen LogP contribution < -0.4 is 5.73 Å². The van der Waals surface area contributed by atoms with Crippen LogP contribution in [0.25, 0.3) is 0 Å². The Labute approximate surface area is 103 Å². The van der Waals surface area contributed by atoms with Crippen LogP contribution in [0.1, 0.15) is 13.8 Å². The standard InChI is InChI=1S/C10H21N3O3S/c1-8(2)17(14,15)6-4-13-3-5-16-9(7-13)10(11)12/h8-9H,3-7H2,1-2H3,(H3,11,12). The van der Waals surface area contributed by atoms with Gasteiger partial charge in [0, 0.05) is 19.6 Å². The molecule has 6 nitrogen and oxygen atoms in total. The molecule has 0 radical (unpaired) electrons. The maximum Gasteiger partial charge on any atom is 0.153 e. The number of rotatable bonds is 5. The molecule has 17 heavy (non-hydrogen) atoms. The molecule has 1 atom stereocenters. The van der Waals surface area contributed by atoms with Gasteiger partial charge in [0.2, 0.25) is 0 Å². The third kappa shape index (κ3) is 4.25. The minimum absolute atomic E-state index is 0.00131. The molecule has 0 aromatic rings. The van der Waals surface area contributed by atoms with E-state index in [9.17, 15) is 8.42 Å². The Kier molecular flexibility index (Phi) is 4.91. The first-order valence-electron chi connectivity index (χ1n) is 5.72. The molecule has 0 aliphatic carbocycles. The molecule has 0 spiro atoms. The first kappa shape index (κ1) is 14.4. The van der Waals surface area contributed by atoms with E-state index in [2.05, 4.69) is 0 Å². The number of hydrogen-bond acceptors (Lipinski definition) is 5. The third-order valence-electron chi connectivity index (χ3n) is 2.91. The number of nitrogens with zero attached hydrogens (tertiary/aromatic N) is 1. The van der Waals surface area contributed by atoms with Gasteiger partial charge >= 0.3 is 0 Å². The van der Waals surface area contributed by atoms with Crippen molar-refractivity contribution in [2.75, 3.05) is 32.0 Å². The van der Waals surface area contributed by atoms with Crippen LogP contribution in [0.5, 0.6) is 0 Å². The highest BCUT2D eigenvalue weighted by Gasteiger charge is 2.24. The largest absolute Gasteiger partial charge is 0.385 e. The second-order valence-electron chi connectivity index (χ2n) is 4.53. The summed E-state index contributed by atoms with van der Waals surface area (Å²) in [7, 11) is -3.00. The second kappa shape index (κ2) is 5.79. The zero-order valence-electron chi connectivity index (χ0n) is 10.3. The SMILES string of the molecule is CC(C)S(=O)(=O)CCN1CCOC(C(=N)N)C1. The van der Waals surface area contributed by atoms with E-state index in [4.69, 9.17) is 15.9 Å². The number of sulfone groups is 1. The van der Waals surface area contributed by atoms with Crippen molar-refractivity contribution in [1.82, 2.24) is 4.90 Å². The Balaban J connectivity index is 2.45. The van der Waals surface area contributed by atoms with Gasteiger partial charge in [-0.25, -0.2) is 8.42 Å². The second-order valence-corrected chi connectivity index (χ2v) is 7.21. The van der Waals surface area contributed by atoms with E-state index < -0.39 is 15.9 Å². The zero-order valence-corrected chi connectivity index (χ0v) is 11.2. The minimum atomic E-state index is -3.00. The molecule has 0 aromatic carbocycles. The quantitative estimate of drug-likeness (QED) is 0.512. The first-order valence-corrected chi connectivity index (χ1v) is 7.44. The van der Waals surface area contributed by atoms with Crippen LogP contribution in [0, 0.1) is 5.41 Å². The van der Waals surface area contributed by atoms with Crippen molar-refractivity contribution in [2.45, 2.75) is 25.2 Å². The van der Waals surface area contributed by atoms with Gasteiger partial charge in [0.05, 0.1) is 17.6 Å². The van der Waals surface area contributed by atoms with Gasteiger partial charge in [-0.15, -0.1) is 0 Å². The highest BCUT2D eigenvalue weighted by molar-refractivity contribution is 7.92. The molecule has 1 fully saturated rings. The summed E-state index contributed by atoms with van der Waals surface area (Å²) in [4.78, 5) is 1.98. The molecular formula is C10H21N3O3S. The molecular weight excluding hydrogens is 242 g/mol. The van der Waals surface area contributed by atoms with Crippen LogP contribution in [0.2, 0.25) is 0 Å². The predicted molar refractivity (Wildman–Crippen MR) is 67.0 cm³/mol. The van der Waals surface area contributed by atoms with Crippen molar-refractivity contribution in [2.24, 2.45) is 5.73 Å². The Morgan fingerprint density at radius 3 is 2.76 bits per heavy atom. The summed E-state index contributed by atoms with van der Waals surface area (Å²) in [5.74, 6) is 0.149. The van der Waals surface area contributed by atoms with Crippen LogP contribution in [0.15, 0.2) is 0 Å². The van der Waals surface area contributed by atoms with E-state index in [1.54, 1.807) is 13.8 Å². The lowest BCUT2D eigenvalue weighted by Gasteiger charge is -2.32. The monoisotopic (exact) mass is 263 g/mol. The van der Waals surface area contributed by atoms with E-state index in [1.807, 2.05) is 4.90 Å². The van der Waals surface area contributed by atoms with Gasteiger partial charge in [-0.05, 0) is 13.8 Å². The minimum Gasteiger partial charge on any atom is -0.385 e.